The summed E-state index contributed by atoms with van der Waals surface area (Å²) in [4.78, 5) is 12.8. The van der Waals surface area contributed by atoms with Gasteiger partial charge >= 0.3 is 0 Å². The molecule has 0 radical (unpaired) electrons. The van der Waals surface area contributed by atoms with Crippen molar-refractivity contribution in [2.24, 2.45) is 5.73 Å². The topological polar surface area (TPSA) is 59.5 Å². The van der Waals surface area contributed by atoms with Crippen LogP contribution < -0.4 is 5.73 Å². The van der Waals surface area contributed by atoms with Gasteiger partial charge < -0.3 is 10.2 Å². The third-order valence-electron chi connectivity index (χ3n) is 2.67. The van der Waals surface area contributed by atoms with E-state index in [9.17, 15) is 9.18 Å². The van der Waals surface area contributed by atoms with Crippen molar-refractivity contribution in [1.29, 1.82) is 0 Å². The van der Waals surface area contributed by atoms with E-state index in [1.165, 1.54) is 0 Å². The fourth-order valence-corrected chi connectivity index (χ4v) is 2.30. The predicted octanol–water partition coefficient (Wildman–Crippen LogP) is 1.44. The standard InChI is InChI=1S/C10H12BrFN2O2/c11-9-2-1-7(16-9)5-14-4-6(12)3-8(14)10(13)15/h1-2,6,8H,3-5H2,(H2,13,15)/t6-,8+/m1/s1. The van der Waals surface area contributed by atoms with Crippen molar-refractivity contribution >= 4 is 21.8 Å². The van der Waals surface area contributed by atoms with Gasteiger partial charge in [-0.1, -0.05) is 0 Å². The van der Waals surface area contributed by atoms with Gasteiger partial charge in [0.25, 0.3) is 0 Å². The normalized spacial score (nSPS) is 26.1. The zero-order valence-corrected chi connectivity index (χ0v) is 10.1. The number of halogens is 2. The first-order chi connectivity index (χ1) is 7.56. The molecule has 2 heterocycles. The number of nitrogens with zero attached hydrogens (tertiary/aromatic N) is 1. The molecule has 0 unspecified atom stereocenters. The molecule has 2 N–H and O–H groups in total. The number of nitrogens with two attached hydrogens (primary N) is 1. The molecule has 0 aliphatic carbocycles. The maximum atomic E-state index is 13.2. The molecule has 1 aliphatic rings. The van der Waals surface area contributed by atoms with Gasteiger partial charge in [0, 0.05) is 13.0 Å². The second-order valence-electron chi connectivity index (χ2n) is 3.89. The summed E-state index contributed by atoms with van der Waals surface area (Å²) in [6.45, 7) is 0.631. The Labute approximate surface area is 101 Å². The van der Waals surface area contributed by atoms with E-state index < -0.39 is 18.1 Å². The lowest BCUT2D eigenvalue weighted by molar-refractivity contribution is -0.122. The molecule has 4 nitrogen and oxygen atoms in total. The number of rotatable bonds is 3. The minimum atomic E-state index is -0.990. The molecule has 0 saturated carbocycles. The first kappa shape index (κ1) is 11.6. The minimum Gasteiger partial charge on any atom is -0.453 e. The molecule has 2 atom stereocenters. The molecular formula is C10H12BrFN2O2. The Kier molecular flexibility index (Phi) is 3.30. The molecule has 1 fully saturated rings. The SMILES string of the molecule is NC(=O)[C@@H]1C[C@@H](F)CN1Cc1ccc(Br)o1. The highest BCUT2D eigenvalue weighted by molar-refractivity contribution is 9.10. The van der Waals surface area contributed by atoms with E-state index in [-0.39, 0.29) is 13.0 Å². The highest BCUT2D eigenvalue weighted by Crippen LogP contribution is 2.24. The lowest BCUT2D eigenvalue weighted by atomic mass is 10.2. The largest absolute Gasteiger partial charge is 0.453 e. The van der Waals surface area contributed by atoms with Crippen LogP contribution in [0.1, 0.15) is 12.2 Å². The highest BCUT2D eigenvalue weighted by Gasteiger charge is 2.36. The molecule has 2 rings (SSSR count). The molecule has 16 heavy (non-hydrogen) atoms. The number of hydrogen-bond acceptors (Lipinski definition) is 3. The molecule has 1 amide bonds. The first-order valence-electron chi connectivity index (χ1n) is 4.98. The molecule has 1 aliphatic heterocycles. The van der Waals surface area contributed by atoms with Crippen LogP contribution in [-0.2, 0) is 11.3 Å². The summed E-state index contributed by atoms with van der Waals surface area (Å²) in [5, 5.41) is 0. The average molecular weight is 291 g/mol. The van der Waals surface area contributed by atoms with Crippen LogP contribution in [0.3, 0.4) is 0 Å². The number of alkyl halides is 1. The molecule has 1 saturated heterocycles. The second-order valence-corrected chi connectivity index (χ2v) is 4.67. The molecule has 88 valence electrons. The average Bonchev–Trinajstić information content (AvgIpc) is 2.74. The molecule has 6 heteroatoms. The summed E-state index contributed by atoms with van der Waals surface area (Å²) in [5.41, 5.74) is 5.22. The fourth-order valence-electron chi connectivity index (χ4n) is 1.96. The zero-order chi connectivity index (χ0) is 11.7. The summed E-state index contributed by atoms with van der Waals surface area (Å²) >= 11 is 3.19. The van der Waals surface area contributed by atoms with Crippen LogP contribution in [0, 0.1) is 0 Å². The van der Waals surface area contributed by atoms with Crippen LogP contribution in [0.25, 0.3) is 0 Å². The van der Waals surface area contributed by atoms with Crippen LogP contribution in [-0.4, -0.2) is 29.6 Å². The van der Waals surface area contributed by atoms with Crippen molar-refractivity contribution in [3.05, 3.63) is 22.6 Å². The quantitative estimate of drug-likeness (QED) is 0.916. The van der Waals surface area contributed by atoms with Crippen molar-refractivity contribution in [3.8, 4) is 0 Å². The third kappa shape index (κ3) is 2.44. The van der Waals surface area contributed by atoms with Crippen LogP contribution in [0.15, 0.2) is 21.2 Å². The Morgan fingerprint density at radius 1 is 1.69 bits per heavy atom. The minimum absolute atomic E-state index is 0.178. The van der Waals surface area contributed by atoms with Gasteiger partial charge in [0.15, 0.2) is 4.67 Å². The number of amides is 1. The van der Waals surface area contributed by atoms with Gasteiger partial charge in [-0.15, -0.1) is 0 Å². The fraction of sp³-hybridized carbons (Fsp3) is 0.500. The van der Waals surface area contributed by atoms with E-state index in [1.54, 1.807) is 17.0 Å². The van der Waals surface area contributed by atoms with E-state index in [2.05, 4.69) is 15.9 Å². The summed E-state index contributed by atoms with van der Waals surface area (Å²) in [5.74, 6) is 0.206. The van der Waals surface area contributed by atoms with Crippen LogP contribution in [0.4, 0.5) is 4.39 Å². The predicted molar refractivity (Wildman–Crippen MR) is 59.3 cm³/mol. The number of carbonyl (C=O) groups is 1. The van der Waals surface area contributed by atoms with E-state index >= 15 is 0 Å². The van der Waals surface area contributed by atoms with Crippen molar-refractivity contribution in [1.82, 2.24) is 4.90 Å². The molecular weight excluding hydrogens is 279 g/mol. The van der Waals surface area contributed by atoms with E-state index in [1.807, 2.05) is 0 Å². The number of carbonyl (C=O) groups excluding carboxylic acids is 1. The summed E-state index contributed by atoms with van der Waals surface area (Å²) in [6.07, 6.45) is -0.812. The van der Waals surface area contributed by atoms with Gasteiger partial charge in [-0.05, 0) is 28.1 Å². The third-order valence-corrected chi connectivity index (χ3v) is 3.09. The van der Waals surface area contributed by atoms with Crippen LogP contribution >= 0.6 is 15.9 Å². The maximum absolute atomic E-state index is 13.2. The van der Waals surface area contributed by atoms with Crippen molar-refractivity contribution in [2.45, 2.75) is 25.2 Å². The van der Waals surface area contributed by atoms with Gasteiger partial charge in [0.1, 0.15) is 11.9 Å². The van der Waals surface area contributed by atoms with E-state index in [4.69, 9.17) is 10.2 Å². The Balaban J connectivity index is 2.05. The van der Waals surface area contributed by atoms with Gasteiger partial charge in [-0.3, -0.25) is 9.69 Å². The van der Waals surface area contributed by atoms with Crippen molar-refractivity contribution in [3.63, 3.8) is 0 Å². The Hall–Kier alpha value is -0.880. The van der Waals surface area contributed by atoms with E-state index in [0.717, 1.165) is 0 Å². The molecule has 0 bridgehead atoms. The van der Waals surface area contributed by atoms with Gasteiger partial charge in [0.05, 0.1) is 12.6 Å². The second kappa shape index (κ2) is 4.55. The Bertz CT molecular complexity index is 396. The monoisotopic (exact) mass is 290 g/mol. The number of primary amides is 1. The Morgan fingerprint density at radius 2 is 2.44 bits per heavy atom. The Morgan fingerprint density at radius 3 is 3.00 bits per heavy atom. The molecule has 0 spiro atoms. The van der Waals surface area contributed by atoms with Crippen molar-refractivity contribution in [2.75, 3.05) is 6.54 Å². The van der Waals surface area contributed by atoms with E-state index in [0.29, 0.717) is 17.0 Å². The number of likely N-dealkylation sites (tertiary alicyclic amines) is 1. The summed E-state index contributed by atoms with van der Waals surface area (Å²) in [7, 11) is 0. The smallest absolute Gasteiger partial charge is 0.234 e. The summed E-state index contributed by atoms with van der Waals surface area (Å²) in [6, 6.07) is 3.02. The maximum Gasteiger partial charge on any atom is 0.234 e. The first-order valence-corrected chi connectivity index (χ1v) is 5.77. The lowest BCUT2D eigenvalue weighted by Gasteiger charge is -2.19. The number of hydrogen-bond donors (Lipinski definition) is 1. The molecule has 1 aromatic rings. The van der Waals surface area contributed by atoms with Gasteiger partial charge in [-0.2, -0.15) is 0 Å². The molecule has 1 aromatic heterocycles. The van der Waals surface area contributed by atoms with Crippen LogP contribution in [0.5, 0.6) is 0 Å². The highest BCUT2D eigenvalue weighted by atomic mass is 79.9. The van der Waals surface area contributed by atoms with Crippen molar-refractivity contribution < 1.29 is 13.6 Å². The van der Waals surface area contributed by atoms with Crippen LogP contribution in [0.2, 0.25) is 0 Å². The van der Waals surface area contributed by atoms with Gasteiger partial charge in [-0.25, -0.2) is 4.39 Å². The zero-order valence-electron chi connectivity index (χ0n) is 8.53. The lowest BCUT2D eigenvalue weighted by Crippen LogP contribution is -2.39. The number of furan rings is 1. The van der Waals surface area contributed by atoms with Gasteiger partial charge in [0.2, 0.25) is 5.91 Å². The summed E-state index contributed by atoms with van der Waals surface area (Å²) < 4.78 is 19.1. The molecule has 0 aromatic carbocycles.